The number of likely N-dealkylation sites (tertiary alicyclic amines) is 1. The van der Waals surface area contributed by atoms with Gasteiger partial charge in [0, 0.05) is 32.4 Å². The van der Waals surface area contributed by atoms with Crippen LogP contribution in [0.3, 0.4) is 0 Å². The van der Waals surface area contributed by atoms with E-state index >= 15 is 0 Å². The van der Waals surface area contributed by atoms with Crippen molar-refractivity contribution in [2.75, 3.05) is 26.7 Å². The van der Waals surface area contributed by atoms with Gasteiger partial charge < -0.3 is 19.8 Å². The Morgan fingerprint density at radius 2 is 1.97 bits per heavy atom. The number of ether oxygens (including phenoxy) is 1. The van der Waals surface area contributed by atoms with Gasteiger partial charge in [0.1, 0.15) is 17.3 Å². The van der Waals surface area contributed by atoms with Gasteiger partial charge in [-0.25, -0.2) is 9.37 Å². The van der Waals surface area contributed by atoms with Crippen LogP contribution in [0.5, 0.6) is 11.6 Å². The third-order valence-corrected chi connectivity index (χ3v) is 5.43. The number of nitrogens with one attached hydrogen (secondary N) is 2. The molecule has 0 aliphatic carbocycles. The molecular weight excluding hydrogens is 409 g/mol. The Morgan fingerprint density at radius 1 is 1.16 bits per heavy atom. The molecule has 0 saturated carbocycles. The third kappa shape index (κ3) is 5.85. The first-order valence-corrected chi connectivity index (χ1v) is 10.8. The first kappa shape index (κ1) is 21.8. The number of benzene rings is 1. The Hall–Kier alpha value is -3.39. The maximum Gasteiger partial charge on any atom is 0.219 e. The highest BCUT2D eigenvalue weighted by Gasteiger charge is 2.25. The normalized spacial score (nSPS) is 15.5. The molecule has 2 N–H and O–H groups in total. The second kappa shape index (κ2) is 10.8. The van der Waals surface area contributed by atoms with E-state index in [1.54, 1.807) is 37.7 Å². The summed E-state index contributed by atoms with van der Waals surface area (Å²) in [5, 5.41) is 6.73. The maximum absolute atomic E-state index is 13.0. The van der Waals surface area contributed by atoms with Gasteiger partial charge in [-0.1, -0.05) is 6.07 Å². The van der Waals surface area contributed by atoms with Crippen molar-refractivity contribution in [1.29, 1.82) is 0 Å². The summed E-state index contributed by atoms with van der Waals surface area (Å²) in [5.74, 6) is 2.38. The number of hydrogen-bond donors (Lipinski definition) is 2. The number of pyridine rings is 1. The summed E-state index contributed by atoms with van der Waals surface area (Å²) in [7, 11) is 1.75. The van der Waals surface area contributed by atoms with Gasteiger partial charge in [-0.05, 0) is 67.9 Å². The zero-order chi connectivity index (χ0) is 22.2. The summed E-state index contributed by atoms with van der Waals surface area (Å²) in [6, 6.07) is 13.7. The number of nitrogens with zero attached hydrogens (tertiary/aromatic N) is 3. The van der Waals surface area contributed by atoms with Crippen molar-refractivity contribution in [3.8, 4) is 11.6 Å². The smallest absolute Gasteiger partial charge is 0.219 e. The monoisotopic (exact) mass is 437 g/mol. The van der Waals surface area contributed by atoms with Crippen LogP contribution in [0.1, 0.15) is 30.2 Å². The van der Waals surface area contributed by atoms with Gasteiger partial charge in [-0.2, -0.15) is 0 Å². The quantitative estimate of drug-likeness (QED) is 0.408. The van der Waals surface area contributed by atoms with Crippen molar-refractivity contribution in [1.82, 2.24) is 20.5 Å². The van der Waals surface area contributed by atoms with Crippen molar-refractivity contribution < 1.29 is 13.5 Å². The minimum Gasteiger partial charge on any atom is -0.468 e. The van der Waals surface area contributed by atoms with Gasteiger partial charge in [0.15, 0.2) is 5.96 Å². The minimum absolute atomic E-state index is 0.176. The summed E-state index contributed by atoms with van der Waals surface area (Å²) in [6.45, 7) is 3.43. The summed E-state index contributed by atoms with van der Waals surface area (Å²) in [6.07, 6.45) is 5.91. The van der Waals surface area contributed by atoms with Crippen LogP contribution in [0.15, 0.2) is 70.4 Å². The Labute approximate surface area is 187 Å². The fourth-order valence-corrected chi connectivity index (χ4v) is 3.74. The molecule has 1 aromatic carbocycles. The van der Waals surface area contributed by atoms with E-state index < -0.39 is 0 Å². The Morgan fingerprint density at radius 3 is 2.62 bits per heavy atom. The number of hydrogen-bond acceptors (Lipinski definition) is 5. The van der Waals surface area contributed by atoms with Crippen LogP contribution in [0.25, 0.3) is 0 Å². The first-order chi connectivity index (χ1) is 15.7. The molecule has 1 aliphatic rings. The largest absolute Gasteiger partial charge is 0.468 e. The molecule has 8 heteroatoms. The van der Waals surface area contributed by atoms with Crippen LogP contribution in [0, 0.1) is 5.82 Å². The number of aliphatic imine (C=N–C) groups is 1. The van der Waals surface area contributed by atoms with Crippen molar-refractivity contribution >= 4 is 5.96 Å². The van der Waals surface area contributed by atoms with Crippen molar-refractivity contribution in [3.63, 3.8) is 0 Å². The lowest BCUT2D eigenvalue weighted by Crippen LogP contribution is -2.42. The molecule has 0 bridgehead atoms. The van der Waals surface area contributed by atoms with Gasteiger partial charge >= 0.3 is 0 Å². The van der Waals surface area contributed by atoms with E-state index in [0.717, 1.165) is 24.4 Å². The van der Waals surface area contributed by atoms with Crippen molar-refractivity contribution in [3.05, 3.63) is 78.1 Å². The lowest BCUT2D eigenvalue weighted by Gasteiger charge is -2.26. The number of furan rings is 1. The molecule has 1 fully saturated rings. The Bertz CT molecular complexity index is 984. The fraction of sp³-hybridized carbons (Fsp3) is 0.333. The van der Waals surface area contributed by atoms with E-state index in [1.165, 1.54) is 25.0 Å². The molecule has 1 saturated heterocycles. The molecule has 32 heavy (non-hydrogen) atoms. The van der Waals surface area contributed by atoms with Gasteiger partial charge in [-0.15, -0.1) is 0 Å². The zero-order valence-electron chi connectivity index (χ0n) is 18.1. The molecule has 3 aromatic rings. The lowest BCUT2D eigenvalue weighted by atomic mass is 10.2. The molecule has 0 amide bonds. The van der Waals surface area contributed by atoms with Crippen LogP contribution in [-0.4, -0.2) is 42.5 Å². The van der Waals surface area contributed by atoms with E-state index in [4.69, 9.17) is 9.15 Å². The van der Waals surface area contributed by atoms with Crippen LogP contribution >= 0.6 is 0 Å². The SMILES string of the molecule is CN=C(NCc1ccc(Oc2ccc(F)cc2)nc1)NCC(c1ccco1)N1CCCC1. The van der Waals surface area contributed by atoms with E-state index in [1.807, 2.05) is 18.2 Å². The highest BCUT2D eigenvalue weighted by Crippen LogP contribution is 2.25. The second-order valence-electron chi connectivity index (χ2n) is 7.64. The standard InChI is InChI=1S/C24H28FN5O2/c1-26-24(29-17-21(22-5-4-14-31-22)30-12-2-3-13-30)28-16-18-6-11-23(27-15-18)32-20-9-7-19(25)8-10-20/h4-11,14-15,21H,2-3,12-13,16-17H2,1H3,(H2,26,28,29). The Balaban J connectivity index is 1.28. The molecule has 0 radical (unpaired) electrons. The highest BCUT2D eigenvalue weighted by molar-refractivity contribution is 5.79. The molecule has 2 aromatic heterocycles. The first-order valence-electron chi connectivity index (χ1n) is 10.8. The average Bonchev–Trinajstić information content (AvgIpc) is 3.54. The summed E-state index contributed by atoms with van der Waals surface area (Å²) in [4.78, 5) is 11.1. The minimum atomic E-state index is -0.301. The Kier molecular flexibility index (Phi) is 7.34. The van der Waals surface area contributed by atoms with E-state index in [2.05, 4.69) is 25.5 Å². The highest BCUT2D eigenvalue weighted by atomic mass is 19.1. The zero-order valence-corrected chi connectivity index (χ0v) is 18.1. The number of aromatic nitrogens is 1. The van der Waals surface area contributed by atoms with Crippen molar-refractivity contribution in [2.45, 2.75) is 25.4 Å². The topological polar surface area (TPSA) is 74.9 Å². The van der Waals surface area contributed by atoms with Crippen LogP contribution in [0.2, 0.25) is 0 Å². The predicted octanol–water partition coefficient (Wildman–Crippen LogP) is 4.11. The summed E-state index contributed by atoms with van der Waals surface area (Å²) >= 11 is 0. The average molecular weight is 438 g/mol. The molecule has 7 nitrogen and oxygen atoms in total. The van der Waals surface area contributed by atoms with Crippen LogP contribution in [0.4, 0.5) is 4.39 Å². The molecule has 3 heterocycles. The summed E-state index contributed by atoms with van der Waals surface area (Å²) < 4.78 is 24.3. The van der Waals surface area contributed by atoms with E-state index in [0.29, 0.717) is 30.7 Å². The lowest BCUT2D eigenvalue weighted by molar-refractivity contribution is 0.215. The van der Waals surface area contributed by atoms with E-state index in [-0.39, 0.29) is 11.9 Å². The van der Waals surface area contributed by atoms with Gasteiger partial charge in [-0.3, -0.25) is 9.89 Å². The molecule has 0 spiro atoms. The second-order valence-corrected chi connectivity index (χ2v) is 7.64. The fourth-order valence-electron chi connectivity index (χ4n) is 3.74. The van der Waals surface area contributed by atoms with Crippen LogP contribution < -0.4 is 15.4 Å². The van der Waals surface area contributed by atoms with E-state index in [9.17, 15) is 4.39 Å². The predicted molar refractivity (Wildman–Crippen MR) is 121 cm³/mol. The molecule has 4 rings (SSSR count). The third-order valence-electron chi connectivity index (χ3n) is 5.43. The van der Waals surface area contributed by atoms with Gasteiger partial charge in [0.25, 0.3) is 0 Å². The molecule has 1 atom stereocenters. The van der Waals surface area contributed by atoms with Gasteiger partial charge in [0.2, 0.25) is 5.88 Å². The number of guanidine groups is 1. The van der Waals surface area contributed by atoms with Gasteiger partial charge in [0.05, 0.1) is 12.3 Å². The van der Waals surface area contributed by atoms with Crippen LogP contribution in [-0.2, 0) is 6.54 Å². The molecular formula is C24H28FN5O2. The van der Waals surface area contributed by atoms with Crippen molar-refractivity contribution in [2.24, 2.45) is 4.99 Å². The summed E-state index contributed by atoms with van der Waals surface area (Å²) in [5.41, 5.74) is 0.988. The molecule has 168 valence electrons. The molecule has 1 aliphatic heterocycles. The number of halogens is 1. The maximum atomic E-state index is 13.0. The molecule has 1 unspecified atom stereocenters. The number of rotatable bonds is 8.